The number of aromatic nitrogens is 3. The number of carbonyl (C=O) groups excluding carboxylic acids is 1. The number of hydrogen-bond acceptors (Lipinski definition) is 5. The lowest BCUT2D eigenvalue weighted by atomic mass is 10.1. The molecule has 1 amide bonds. The molecule has 1 aliphatic heterocycles. The zero-order valence-corrected chi connectivity index (χ0v) is 19.9. The van der Waals surface area contributed by atoms with Crippen molar-refractivity contribution in [3.63, 3.8) is 0 Å². The summed E-state index contributed by atoms with van der Waals surface area (Å²) in [5, 5.41) is 2.42. The van der Waals surface area contributed by atoms with Crippen LogP contribution in [0.5, 0.6) is 0 Å². The smallest absolute Gasteiger partial charge is 0.272 e. The largest absolute Gasteiger partial charge is 0.365 e. The lowest BCUT2D eigenvalue weighted by Crippen LogP contribution is -2.46. The molecule has 1 saturated heterocycles. The fourth-order valence-electron chi connectivity index (χ4n) is 4.31. The third-order valence-corrected chi connectivity index (χ3v) is 6.08. The maximum atomic E-state index is 15.3. The van der Waals surface area contributed by atoms with Crippen LogP contribution < -0.4 is 15.8 Å². The van der Waals surface area contributed by atoms with Crippen LogP contribution in [-0.2, 0) is 6.54 Å². The first-order valence-electron chi connectivity index (χ1n) is 11.6. The molecule has 0 saturated carbocycles. The van der Waals surface area contributed by atoms with Gasteiger partial charge in [-0.1, -0.05) is 19.9 Å². The van der Waals surface area contributed by atoms with Crippen molar-refractivity contribution in [1.82, 2.24) is 24.6 Å². The van der Waals surface area contributed by atoms with Crippen molar-refractivity contribution in [2.75, 3.05) is 38.1 Å². The molecule has 0 radical (unpaired) electrons. The second-order valence-electron chi connectivity index (χ2n) is 8.00. The van der Waals surface area contributed by atoms with Gasteiger partial charge in [0.1, 0.15) is 16.7 Å². The van der Waals surface area contributed by atoms with Gasteiger partial charge in [-0.2, -0.15) is 4.39 Å². The zero-order valence-electron chi connectivity index (χ0n) is 19.9. The van der Waals surface area contributed by atoms with Crippen molar-refractivity contribution in [3.8, 4) is 0 Å². The number of rotatable bonds is 4. The minimum atomic E-state index is -0.689. The summed E-state index contributed by atoms with van der Waals surface area (Å²) in [6.45, 7) is 6.64. The van der Waals surface area contributed by atoms with Gasteiger partial charge in [-0.05, 0) is 30.3 Å². The van der Waals surface area contributed by atoms with Crippen LogP contribution in [0.4, 0.5) is 14.5 Å². The third-order valence-electron chi connectivity index (χ3n) is 6.08. The first-order valence-corrected chi connectivity index (χ1v) is 11.6. The van der Waals surface area contributed by atoms with E-state index in [1.807, 2.05) is 24.8 Å². The molecule has 0 atom stereocenters. The molecule has 1 aliphatic rings. The van der Waals surface area contributed by atoms with Gasteiger partial charge in [0.2, 0.25) is 5.95 Å². The Morgan fingerprint density at radius 2 is 1.80 bits per heavy atom. The number of piperazine rings is 1. The number of nitrogens with one attached hydrogen (secondary N) is 2. The summed E-state index contributed by atoms with van der Waals surface area (Å²) in [6, 6.07) is 10.0. The predicted molar refractivity (Wildman–Crippen MR) is 132 cm³/mol. The van der Waals surface area contributed by atoms with Crippen LogP contribution in [0.25, 0.3) is 16.6 Å². The number of anilines is 1. The van der Waals surface area contributed by atoms with E-state index in [4.69, 9.17) is 0 Å². The normalized spacial score (nSPS) is 14.1. The Hall–Kier alpha value is -3.79. The van der Waals surface area contributed by atoms with Gasteiger partial charge in [-0.3, -0.25) is 14.5 Å². The molecular formula is C25H28F2N6O2. The molecule has 184 valence electrons. The Kier molecular flexibility index (Phi) is 7.11. The van der Waals surface area contributed by atoms with Gasteiger partial charge in [0, 0.05) is 51.5 Å². The molecule has 2 N–H and O–H groups in total. The average molecular weight is 483 g/mol. The first-order chi connectivity index (χ1) is 17.0. The predicted octanol–water partition coefficient (Wildman–Crippen LogP) is 3.16. The molecular weight excluding hydrogens is 454 g/mol. The summed E-state index contributed by atoms with van der Waals surface area (Å²) in [5.41, 5.74) is 1.77. The Morgan fingerprint density at radius 1 is 1.06 bits per heavy atom. The van der Waals surface area contributed by atoms with Crippen LogP contribution >= 0.6 is 0 Å². The maximum absolute atomic E-state index is 15.3. The molecule has 3 aromatic heterocycles. The number of carbonyl (C=O) groups is 1. The molecule has 4 heterocycles. The van der Waals surface area contributed by atoms with Gasteiger partial charge < -0.3 is 19.6 Å². The number of H-pyrrole nitrogens is 1. The molecule has 0 spiro atoms. The summed E-state index contributed by atoms with van der Waals surface area (Å²) in [6.07, 6.45) is 1.74. The molecule has 8 nitrogen and oxygen atoms in total. The van der Waals surface area contributed by atoms with E-state index < -0.39 is 17.7 Å². The number of nitrogens with zero attached hydrogens (tertiary/aromatic N) is 4. The van der Waals surface area contributed by atoms with E-state index >= 15 is 4.39 Å². The Bertz CT molecular complexity index is 1420. The van der Waals surface area contributed by atoms with Crippen LogP contribution in [0.2, 0.25) is 0 Å². The Balaban J connectivity index is 0.00000141. The number of halogens is 2. The van der Waals surface area contributed by atoms with Crippen LogP contribution in [0, 0.1) is 11.8 Å². The number of amides is 1. The van der Waals surface area contributed by atoms with E-state index in [-0.39, 0.29) is 16.8 Å². The number of benzene rings is 1. The van der Waals surface area contributed by atoms with Gasteiger partial charge in [-0.15, -0.1) is 0 Å². The number of pyridine rings is 1. The number of hydrogen-bond donors (Lipinski definition) is 2. The van der Waals surface area contributed by atoms with E-state index in [1.54, 1.807) is 34.9 Å². The molecule has 35 heavy (non-hydrogen) atoms. The van der Waals surface area contributed by atoms with Gasteiger partial charge >= 0.3 is 0 Å². The van der Waals surface area contributed by atoms with Crippen molar-refractivity contribution in [2.45, 2.75) is 20.4 Å². The quantitative estimate of drug-likeness (QED) is 0.437. The topological polar surface area (TPSA) is 85.7 Å². The second kappa shape index (κ2) is 10.2. The highest BCUT2D eigenvalue weighted by Gasteiger charge is 2.22. The maximum Gasteiger partial charge on any atom is 0.272 e. The summed E-state index contributed by atoms with van der Waals surface area (Å²) in [5.74, 6) is -1.57. The van der Waals surface area contributed by atoms with E-state index in [0.29, 0.717) is 55.0 Å². The molecule has 4 aromatic rings. The second-order valence-corrected chi connectivity index (χ2v) is 8.00. The van der Waals surface area contributed by atoms with E-state index in [2.05, 4.69) is 20.2 Å². The summed E-state index contributed by atoms with van der Waals surface area (Å²) < 4.78 is 31.4. The van der Waals surface area contributed by atoms with Crippen LogP contribution in [-0.4, -0.2) is 58.4 Å². The molecule has 5 rings (SSSR count). The van der Waals surface area contributed by atoms with Gasteiger partial charge in [-0.25, -0.2) is 9.37 Å². The standard InChI is InChI=1S/C23H22F2N6O2.C2H6/c1-26-22(32)15-5-7-17(21(25)27-15)30-11-9-29(10-12-30)13-14-4-6-16-20(19(14)24)28-23(33)18-3-2-8-31(16)18;1-2/h2-8H,9-13H2,1H3,(H,26,32)(H,28,33);1-2H3. The van der Waals surface area contributed by atoms with Crippen molar-refractivity contribution < 1.29 is 13.6 Å². The summed E-state index contributed by atoms with van der Waals surface area (Å²) >= 11 is 0. The molecule has 0 bridgehead atoms. The van der Waals surface area contributed by atoms with Crippen LogP contribution in [0.3, 0.4) is 0 Å². The zero-order chi connectivity index (χ0) is 25.1. The lowest BCUT2D eigenvalue weighted by Gasteiger charge is -2.36. The van der Waals surface area contributed by atoms with Crippen LogP contribution in [0.1, 0.15) is 29.9 Å². The van der Waals surface area contributed by atoms with Crippen molar-refractivity contribution in [1.29, 1.82) is 0 Å². The molecule has 0 aliphatic carbocycles. The Labute approximate surface area is 201 Å². The monoisotopic (exact) mass is 482 g/mol. The molecule has 1 fully saturated rings. The van der Waals surface area contributed by atoms with Crippen molar-refractivity contribution >= 4 is 28.1 Å². The minimum absolute atomic E-state index is 0.0272. The van der Waals surface area contributed by atoms with E-state index in [1.165, 1.54) is 13.1 Å². The highest BCUT2D eigenvalue weighted by molar-refractivity contribution is 5.92. The number of aromatic amines is 1. The fourth-order valence-corrected chi connectivity index (χ4v) is 4.31. The lowest BCUT2D eigenvalue weighted by molar-refractivity contribution is 0.0957. The summed E-state index contributed by atoms with van der Waals surface area (Å²) in [4.78, 5) is 34.3. The Morgan fingerprint density at radius 3 is 2.49 bits per heavy atom. The highest BCUT2D eigenvalue weighted by Crippen LogP contribution is 2.23. The van der Waals surface area contributed by atoms with Gasteiger partial charge in [0.15, 0.2) is 5.82 Å². The SMILES string of the molecule is CC.CNC(=O)c1ccc(N2CCN(Cc3ccc4c([nH]c(=O)c5cccn54)c3F)CC2)c(F)n1. The summed E-state index contributed by atoms with van der Waals surface area (Å²) in [7, 11) is 1.46. The van der Waals surface area contributed by atoms with E-state index in [0.717, 1.165) is 0 Å². The minimum Gasteiger partial charge on any atom is -0.365 e. The third kappa shape index (κ3) is 4.61. The average Bonchev–Trinajstić information content (AvgIpc) is 3.38. The molecule has 0 unspecified atom stereocenters. The van der Waals surface area contributed by atoms with Crippen molar-refractivity contribution in [3.05, 3.63) is 76.0 Å². The number of fused-ring (bicyclic) bond motifs is 3. The van der Waals surface area contributed by atoms with Crippen LogP contribution in [0.15, 0.2) is 47.4 Å². The van der Waals surface area contributed by atoms with Gasteiger partial charge in [0.25, 0.3) is 11.5 Å². The fraction of sp³-hybridized carbons (Fsp3) is 0.320. The molecule has 10 heteroatoms. The first kappa shape index (κ1) is 24.3. The molecule has 1 aromatic carbocycles. The van der Waals surface area contributed by atoms with Gasteiger partial charge in [0.05, 0.1) is 11.2 Å². The highest BCUT2D eigenvalue weighted by atomic mass is 19.1. The van der Waals surface area contributed by atoms with Crippen molar-refractivity contribution in [2.24, 2.45) is 0 Å². The van der Waals surface area contributed by atoms with E-state index in [9.17, 15) is 14.0 Å².